The van der Waals surface area contributed by atoms with Gasteiger partial charge in [-0.1, -0.05) is 0 Å². The number of nitrogens with zero attached hydrogens (tertiary/aromatic N) is 1. The van der Waals surface area contributed by atoms with Crippen LogP contribution in [0.15, 0.2) is 0 Å². The van der Waals surface area contributed by atoms with Gasteiger partial charge < -0.3 is 10.6 Å². The molecule has 0 atom stereocenters. The van der Waals surface area contributed by atoms with Crippen LogP contribution in [0.3, 0.4) is 0 Å². The van der Waals surface area contributed by atoms with Crippen LogP contribution in [0.1, 0.15) is 38.5 Å². The van der Waals surface area contributed by atoms with Crippen molar-refractivity contribution < 1.29 is 4.79 Å². The van der Waals surface area contributed by atoms with Crippen molar-refractivity contribution in [3.63, 3.8) is 0 Å². The zero-order valence-electron chi connectivity index (χ0n) is 9.45. The summed E-state index contributed by atoms with van der Waals surface area (Å²) in [4.78, 5) is 14.2. The van der Waals surface area contributed by atoms with Gasteiger partial charge in [0, 0.05) is 19.0 Å². The van der Waals surface area contributed by atoms with Gasteiger partial charge in [-0.2, -0.15) is 0 Å². The van der Waals surface area contributed by atoms with E-state index in [0.717, 1.165) is 45.3 Å². The molecule has 1 aliphatic carbocycles. The Morgan fingerprint density at radius 3 is 2.27 bits per heavy atom. The van der Waals surface area contributed by atoms with Crippen molar-refractivity contribution >= 4 is 5.91 Å². The molecule has 2 rings (SSSR count). The number of hydrogen-bond donors (Lipinski definition) is 1. The summed E-state index contributed by atoms with van der Waals surface area (Å²) in [5.74, 6) is 1.40. The number of hydrogen-bond acceptors (Lipinski definition) is 2. The smallest absolute Gasteiger partial charge is 0.225 e. The second-order valence-corrected chi connectivity index (χ2v) is 4.99. The lowest BCUT2D eigenvalue weighted by molar-refractivity contribution is -0.135. The Kier molecular flexibility index (Phi) is 3.62. The number of likely N-dealkylation sites (tertiary alicyclic amines) is 1. The van der Waals surface area contributed by atoms with Gasteiger partial charge in [-0.25, -0.2) is 0 Å². The molecule has 0 bridgehead atoms. The summed E-state index contributed by atoms with van der Waals surface area (Å²) in [6.45, 7) is 2.79. The first-order valence-electron chi connectivity index (χ1n) is 6.30. The highest BCUT2D eigenvalue weighted by molar-refractivity contribution is 5.79. The molecule has 1 heterocycles. The van der Waals surface area contributed by atoms with E-state index in [4.69, 9.17) is 5.73 Å². The molecule has 0 radical (unpaired) electrons. The molecule has 0 unspecified atom stereocenters. The van der Waals surface area contributed by atoms with Crippen molar-refractivity contribution in [2.45, 2.75) is 38.5 Å². The highest BCUT2D eigenvalue weighted by atomic mass is 16.2. The molecule has 1 amide bonds. The molecule has 2 fully saturated rings. The molecular weight excluding hydrogens is 188 g/mol. The van der Waals surface area contributed by atoms with E-state index in [-0.39, 0.29) is 0 Å². The molecule has 2 aliphatic rings. The quantitative estimate of drug-likeness (QED) is 0.748. The van der Waals surface area contributed by atoms with Crippen LogP contribution in [0.5, 0.6) is 0 Å². The van der Waals surface area contributed by atoms with Gasteiger partial charge in [0.2, 0.25) is 5.91 Å². The molecule has 0 spiro atoms. The number of rotatable bonds is 2. The number of amides is 1. The van der Waals surface area contributed by atoms with E-state index in [1.807, 2.05) is 0 Å². The normalized spacial score (nSPS) is 31.9. The highest BCUT2D eigenvalue weighted by Crippen LogP contribution is 2.30. The SMILES string of the molecule is NCC1CCC(C(=O)N2CCCC2)CC1. The maximum Gasteiger partial charge on any atom is 0.225 e. The molecular formula is C12H22N2O. The summed E-state index contributed by atoms with van der Waals surface area (Å²) in [5.41, 5.74) is 5.65. The molecule has 1 aliphatic heterocycles. The lowest BCUT2D eigenvalue weighted by atomic mass is 9.81. The van der Waals surface area contributed by atoms with E-state index in [1.165, 1.54) is 12.8 Å². The summed E-state index contributed by atoms with van der Waals surface area (Å²) in [6, 6.07) is 0. The third-order valence-electron chi connectivity index (χ3n) is 3.95. The maximum absolute atomic E-state index is 12.1. The van der Waals surface area contributed by atoms with Gasteiger partial charge in [-0.05, 0) is 51.0 Å². The van der Waals surface area contributed by atoms with Crippen LogP contribution in [0.25, 0.3) is 0 Å². The van der Waals surface area contributed by atoms with Gasteiger partial charge in [-0.15, -0.1) is 0 Å². The standard InChI is InChI=1S/C12H22N2O/c13-9-10-3-5-11(6-4-10)12(15)14-7-1-2-8-14/h10-11H,1-9,13H2. The summed E-state index contributed by atoms with van der Waals surface area (Å²) in [7, 11) is 0. The second kappa shape index (κ2) is 4.97. The van der Waals surface area contributed by atoms with Crippen LogP contribution >= 0.6 is 0 Å². The summed E-state index contributed by atoms with van der Waals surface area (Å²) in [6.07, 6.45) is 6.84. The van der Waals surface area contributed by atoms with Crippen molar-refractivity contribution in [3.05, 3.63) is 0 Å². The van der Waals surface area contributed by atoms with E-state index in [1.54, 1.807) is 0 Å². The van der Waals surface area contributed by atoms with E-state index >= 15 is 0 Å². The fourth-order valence-electron chi connectivity index (χ4n) is 2.84. The molecule has 2 N–H and O–H groups in total. The molecule has 3 heteroatoms. The van der Waals surface area contributed by atoms with Crippen LogP contribution in [-0.4, -0.2) is 30.4 Å². The molecule has 0 aromatic heterocycles. The van der Waals surface area contributed by atoms with E-state index < -0.39 is 0 Å². The fourth-order valence-corrected chi connectivity index (χ4v) is 2.84. The van der Waals surface area contributed by atoms with Crippen LogP contribution < -0.4 is 5.73 Å². The third kappa shape index (κ3) is 2.51. The van der Waals surface area contributed by atoms with Gasteiger partial charge in [0.1, 0.15) is 0 Å². The van der Waals surface area contributed by atoms with Gasteiger partial charge >= 0.3 is 0 Å². The van der Waals surface area contributed by atoms with Crippen molar-refractivity contribution in [3.8, 4) is 0 Å². The minimum absolute atomic E-state index is 0.311. The Labute approximate surface area is 92.0 Å². The fraction of sp³-hybridized carbons (Fsp3) is 0.917. The summed E-state index contributed by atoms with van der Waals surface area (Å²) >= 11 is 0. The Morgan fingerprint density at radius 1 is 1.13 bits per heavy atom. The predicted octanol–water partition coefficient (Wildman–Crippen LogP) is 1.37. The van der Waals surface area contributed by atoms with E-state index in [9.17, 15) is 4.79 Å². The van der Waals surface area contributed by atoms with Gasteiger partial charge in [0.15, 0.2) is 0 Å². The predicted molar refractivity (Wildman–Crippen MR) is 60.3 cm³/mol. The zero-order chi connectivity index (χ0) is 10.7. The maximum atomic E-state index is 12.1. The molecule has 15 heavy (non-hydrogen) atoms. The Balaban J connectivity index is 1.81. The second-order valence-electron chi connectivity index (χ2n) is 4.99. The third-order valence-corrected chi connectivity index (χ3v) is 3.95. The van der Waals surface area contributed by atoms with Crippen LogP contribution in [0.2, 0.25) is 0 Å². The largest absolute Gasteiger partial charge is 0.342 e. The number of carbonyl (C=O) groups excluding carboxylic acids is 1. The highest BCUT2D eigenvalue weighted by Gasteiger charge is 2.29. The van der Waals surface area contributed by atoms with Crippen molar-refractivity contribution in [2.75, 3.05) is 19.6 Å². The lowest BCUT2D eigenvalue weighted by Gasteiger charge is -2.29. The number of carbonyl (C=O) groups is 1. The van der Waals surface area contributed by atoms with E-state index in [0.29, 0.717) is 17.7 Å². The zero-order valence-corrected chi connectivity index (χ0v) is 9.45. The average molecular weight is 210 g/mol. The van der Waals surface area contributed by atoms with Crippen LogP contribution in [0.4, 0.5) is 0 Å². The minimum Gasteiger partial charge on any atom is -0.342 e. The molecule has 3 nitrogen and oxygen atoms in total. The Hall–Kier alpha value is -0.570. The Bertz CT molecular complexity index is 216. The first kappa shape index (κ1) is 10.9. The summed E-state index contributed by atoms with van der Waals surface area (Å²) < 4.78 is 0. The average Bonchev–Trinajstić information content (AvgIpc) is 2.82. The first-order chi connectivity index (χ1) is 7.31. The Morgan fingerprint density at radius 2 is 1.73 bits per heavy atom. The topological polar surface area (TPSA) is 46.3 Å². The van der Waals surface area contributed by atoms with Crippen molar-refractivity contribution in [2.24, 2.45) is 17.6 Å². The molecule has 86 valence electrons. The van der Waals surface area contributed by atoms with Gasteiger partial charge in [-0.3, -0.25) is 4.79 Å². The number of nitrogens with two attached hydrogens (primary N) is 1. The van der Waals surface area contributed by atoms with Crippen LogP contribution in [0, 0.1) is 11.8 Å². The van der Waals surface area contributed by atoms with Gasteiger partial charge in [0.25, 0.3) is 0 Å². The lowest BCUT2D eigenvalue weighted by Crippen LogP contribution is -2.36. The molecule has 0 aromatic carbocycles. The first-order valence-corrected chi connectivity index (χ1v) is 6.30. The van der Waals surface area contributed by atoms with E-state index in [2.05, 4.69) is 4.90 Å². The molecule has 1 saturated heterocycles. The monoisotopic (exact) mass is 210 g/mol. The van der Waals surface area contributed by atoms with Crippen molar-refractivity contribution in [1.82, 2.24) is 4.90 Å². The van der Waals surface area contributed by atoms with Crippen molar-refractivity contribution in [1.29, 1.82) is 0 Å². The minimum atomic E-state index is 0.311. The molecule has 0 aromatic rings. The summed E-state index contributed by atoms with van der Waals surface area (Å²) in [5, 5.41) is 0. The van der Waals surface area contributed by atoms with Gasteiger partial charge in [0.05, 0.1) is 0 Å². The molecule has 1 saturated carbocycles. The van der Waals surface area contributed by atoms with Crippen LogP contribution in [-0.2, 0) is 4.79 Å².